The van der Waals surface area contributed by atoms with Gasteiger partial charge in [0, 0.05) is 17.8 Å². The third kappa shape index (κ3) is 5.64. The Morgan fingerprint density at radius 1 is 1.04 bits per heavy atom. The zero-order chi connectivity index (χ0) is 19.2. The van der Waals surface area contributed by atoms with Crippen LogP contribution in [0, 0.1) is 0 Å². The van der Waals surface area contributed by atoms with E-state index in [1.165, 1.54) is 0 Å². The summed E-state index contributed by atoms with van der Waals surface area (Å²) in [6, 6.07) is 15.5. The van der Waals surface area contributed by atoms with Crippen molar-refractivity contribution < 1.29 is 9.47 Å². The van der Waals surface area contributed by atoms with E-state index in [9.17, 15) is 0 Å². The van der Waals surface area contributed by atoms with Gasteiger partial charge in [-0.1, -0.05) is 23.7 Å². The first kappa shape index (κ1) is 22.1. The zero-order valence-electron chi connectivity index (χ0n) is 16.3. The molecule has 2 aromatic carbocycles. The molecule has 1 aromatic heterocycles. The van der Waals surface area contributed by atoms with Crippen LogP contribution in [0.3, 0.4) is 0 Å². The minimum Gasteiger partial charge on any atom is -0.497 e. The molecule has 0 radical (unpaired) electrons. The van der Waals surface area contributed by atoms with Gasteiger partial charge in [-0.15, -0.1) is 17.5 Å². The Balaban J connectivity index is 0.00000280. The van der Waals surface area contributed by atoms with E-state index >= 15 is 0 Å². The van der Waals surface area contributed by atoms with E-state index in [0.29, 0.717) is 17.5 Å². The molecule has 28 heavy (non-hydrogen) atoms. The van der Waals surface area contributed by atoms with E-state index < -0.39 is 0 Å². The average molecular weight is 422 g/mol. The summed E-state index contributed by atoms with van der Waals surface area (Å²) >= 11 is 6.03. The molecule has 0 amide bonds. The SMILES string of the molecule is COc1ccc(-n2cc(-c3ccc(Cl)cc3)c(OCCCN(C)C)n2)cc1.Cl. The number of nitrogens with zero attached hydrogens (tertiary/aromatic N) is 3. The molecule has 0 N–H and O–H groups in total. The monoisotopic (exact) mass is 421 g/mol. The molecule has 0 saturated heterocycles. The van der Waals surface area contributed by atoms with Crippen molar-refractivity contribution in [2.75, 3.05) is 34.4 Å². The summed E-state index contributed by atoms with van der Waals surface area (Å²) < 4.78 is 13.1. The van der Waals surface area contributed by atoms with Gasteiger partial charge in [-0.05, 0) is 62.5 Å². The number of methoxy groups -OCH3 is 1. The fourth-order valence-electron chi connectivity index (χ4n) is 2.71. The Labute approximate surface area is 177 Å². The topological polar surface area (TPSA) is 39.5 Å². The maximum Gasteiger partial charge on any atom is 0.241 e. The van der Waals surface area contributed by atoms with E-state index in [-0.39, 0.29) is 12.4 Å². The van der Waals surface area contributed by atoms with Crippen molar-refractivity contribution in [3.8, 4) is 28.4 Å². The lowest BCUT2D eigenvalue weighted by atomic mass is 10.1. The highest BCUT2D eigenvalue weighted by molar-refractivity contribution is 6.30. The Kier molecular flexibility index (Phi) is 8.18. The number of halogens is 2. The molecule has 5 nitrogen and oxygen atoms in total. The van der Waals surface area contributed by atoms with Gasteiger partial charge < -0.3 is 14.4 Å². The molecule has 0 bridgehead atoms. The summed E-state index contributed by atoms with van der Waals surface area (Å²) in [4.78, 5) is 2.14. The van der Waals surface area contributed by atoms with Crippen molar-refractivity contribution in [2.24, 2.45) is 0 Å². The molecule has 0 spiro atoms. The highest BCUT2D eigenvalue weighted by Gasteiger charge is 2.14. The molecule has 3 aromatic rings. The van der Waals surface area contributed by atoms with E-state index in [1.54, 1.807) is 7.11 Å². The summed E-state index contributed by atoms with van der Waals surface area (Å²) in [6.45, 7) is 1.58. The van der Waals surface area contributed by atoms with E-state index in [2.05, 4.69) is 24.1 Å². The molecular weight excluding hydrogens is 397 g/mol. The maximum atomic E-state index is 6.03. The van der Waals surface area contributed by atoms with E-state index in [0.717, 1.165) is 35.5 Å². The van der Waals surface area contributed by atoms with Crippen LogP contribution in [-0.4, -0.2) is 49.0 Å². The van der Waals surface area contributed by atoms with Crippen molar-refractivity contribution in [3.05, 3.63) is 59.8 Å². The van der Waals surface area contributed by atoms with Crippen LogP contribution in [0.2, 0.25) is 5.02 Å². The quantitative estimate of drug-likeness (QED) is 0.482. The predicted molar refractivity (Wildman–Crippen MR) is 116 cm³/mol. The number of aromatic nitrogens is 2. The molecule has 150 valence electrons. The van der Waals surface area contributed by atoms with Gasteiger partial charge in [0.15, 0.2) is 0 Å². The van der Waals surface area contributed by atoms with Gasteiger partial charge >= 0.3 is 0 Å². The van der Waals surface area contributed by atoms with E-state index in [4.69, 9.17) is 21.1 Å². The maximum absolute atomic E-state index is 6.03. The normalized spacial score (nSPS) is 10.6. The average Bonchev–Trinajstić information content (AvgIpc) is 3.10. The van der Waals surface area contributed by atoms with Crippen molar-refractivity contribution in [1.29, 1.82) is 0 Å². The Bertz CT molecular complexity index is 862. The second-order valence-electron chi connectivity index (χ2n) is 6.50. The van der Waals surface area contributed by atoms with Crippen LogP contribution in [0.5, 0.6) is 11.6 Å². The largest absolute Gasteiger partial charge is 0.497 e. The molecule has 0 aliphatic carbocycles. The van der Waals surface area contributed by atoms with Crippen molar-refractivity contribution in [2.45, 2.75) is 6.42 Å². The first-order valence-electron chi connectivity index (χ1n) is 8.84. The molecule has 0 unspecified atom stereocenters. The van der Waals surface area contributed by atoms with E-state index in [1.807, 2.05) is 59.4 Å². The molecule has 1 heterocycles. The van der Waals surface area contributed by atoms with Gasteiger partial charge in [0.2, 0.25) is 5.88 Å². The fraction of sp³-hybridized carbons (Fsp3) is 0.286. The molecule has 3 rings (SSSR count). The fourth-order valence-corrected chi connectivity index (χ4v) is 2.83. The Morgan fingerprint density at radius 3 is 2.32 bits per heavy atom. The molecule has 7 heteroatoms. The first-order chi connectivity index (χ1) is 13.1. The molecule has 0 aliphatic heterocycles. The Morgan fingerprint density at radius 2 is 1.71 bits per heavy atom. The van der Waals surface area contributed by atoms with Crippen molar-refractivity contribution in [1.82, 2.24) is 14.7 Å². The number of hydrogen-bond acceptors (Lipinski definition) is 4. The third-order valence-electron chi connectivity index (χ3n) is 4.16. The van der Waals surface area contributed by atoms with Crippen LogP contribution in [0.25, 0.3) is 16.8 Å². The van der Waals surface area contributed by atoms with Gasteiger partial charge in [-0.2, -0.15) is 0 Å². The lowest BCUT2D eigenvalue weighted by Crippen LogP contribution is -2.15. The first-order valence-corrected chi connectivity index (χ1v) is 9.22. The lowest BCUT2D eigenvalue weighted by Gasteiger charge is -2.10. The second-order valence-corrected chi connectivity index (χ2v) is 6.94. The number of ether oxygens (including phenoxy) is 2. The molecule has 0 fully saturated rings. The summed E-state index contributed by atoms with van der Waals surface area (Å²) in [5.41, 5.74) is 2.89. The van der Waals surface area contributed by atoms with Crippen LogP contribution in [0.4, 0.5) is 0 Å². The number of hydrogen-bond donors (Lipinski definition) is 0. The molecule has 0 saturated carbocycles. The molecule has 0 atom stereocenters. The summed E-state index contributed by atoms with van der Waals surface area (Å²) in [5.74, 6) is 1.43. The van der Waals surface area contributed by atoms with Crippen LogP contribution in [0.15, 0.2) is 54.7 Å². The summed E-state index contributed by atoms with van der Waals surface area (Å²) in [5, 5.41) is 5.36. The number of benzene rings is 2. The van der Waals surface area contributed by atoms with Gasteiger partial charge in [0.1, 0.15) is 5.75 Å². The highest BCUT2D eigenvalue weighted by Crippen LogP contribution is 2.31. The van der Waals surface area contributed by atoms with Crippen LogP contribution < -0.4 is 9.47 Å². The highest BCUT2D eigenvalue weighted by atomic mass is 35.5. The summed E-state index contributed by atoms with van der Waals surface area (Å²) in [6.07, 6.45) is 2.91. The van der Waals surface area contributed by atoms with Gasteiger partial charge in [-0.3, -0.25) is 0 Å². The predicted octanol–water partition coefficient (Wildman–Crippen LogP) is 4.95. The Hall–Kier alpha value is -2.21. The summed E-state index contributed by atoms with van der Waals surface area (Å²) in [7, 11) is 5.76. The number of rotatable bonds is 8. The lowest BCUT2D eigenvalue weighted by molar-refractivity contribution is 0.273. The van der Waals surface area contributed by atoms with Gasteiger partial charge in [0.05, 0.1) is 25.0 Å². The van der Waals surface area contributed by atoms with Crippen LogP contribution in [-0.2, 0) is 0 Å². The second kappa shape index (κ2) is 10.4. The zero-order valence-corrected chi connectivity index (χ0v) is 17.8. The van der Waals surface area contributed by atoms with Gasteiger partial charge in [0.25, 0.3) is 0 Å². The minimum atomic E-state index is 0. The van der Waals surface area contributed by atoms with Crippen LogP contribution in [0.1, 0.15) is 6.42 Å². The minimum absolute atomic E-state index is 0. The van der Waals surface area contributed by atoms with Crippen LogP contribution >= 0.6 is 24.0 Å². The third-order valence-corrected chi connectivity index (χ3v) is 4.41. The van der Waals surface area contributed by atoms with Crippen molar-refractivity contribution in [3.63, 3.8) is 0 Å². The van der Waals surface area contributed by atoms with Crippen molar-refractivity contribution >= 4 is 24.0 Å². The molecule has 0 aliphatic rings. The smallest absolute Gasteiger partial charge is 0.241 e. The standard InChI is InChI=1S/C21H24ClN3O2.ClH/c1-24(2)13-4-14-27-21-20(16-5-7-17(22)8-6-16)15-25(23-21)18-9-11-19(26-3)12-10-18;/h5-12,15H,4,13-14H2,1-3H3;1H. The molecular formula is C21H25Cl2N3O2. The van der Waals surface area contributed by atoms with Gasteiger partial charge in [-0.25, -0.2) is 4.68 Å².